The van der Waals surface area contributed by atoms with E-state index in [0.717, 1.165) is 10.8 Å². The van der Waals surface area contributed by atoms with E-state index in [1.807, 2.05) is 0 Å². The maximum atomic E-state index is 11.8. The maximum Gasteiger partial charge on any atom is 1.00 e. The van der Waals surface area contributed by atoms with Gasteiger partial charge in [-0.2, -0.15) is 5.26 Å². The van der Waals surface area contributed by atoms with E-state index in [9.17, 15) is 12.9 Å². The average Bonchev–Trinajstić information content (AvgIpc) is 2.31. The molecule has 0 spiro atoms. The van der Waals surface area contributed by atoms with Gasteiger partial charge in [-0.25, -0.2) is 4.98 Å². The molecule has 0 saturated heterocycles. The van der Waals surface area contributed by atoms with E-state index >= 15 is 0 Å². The van der Waals surface area contributed by atoms with Gasteiger partial charge in [0.1, 0.15) is 6.07 Å². The Kier molecular flexibility index (Phi) is 5.24. The van der Waals surface area contributed by atoms with Crippen LogP contribution in [0.3, 0.4) is 0 Å². The van der Waals surface area contributed by atoms with Crippen LogP contribution in [0.5, 0.6) is 0 Å². The molecule has 1 rings (SSSR count). The van der Waals surface area contributed by atoms with Crippen LogP contribution in [0.25, 0.3) is 0 Å². The van der Waals surface area contributed by atoms with Crippen LogP contribution in [-0.4, -0.2) is 16.5 Å². The number of hydrogen-bond donors (Lipinski definition) is 0. The van der Waals surface area contributed by atoms with Gasteiger partial charge in [-0.3, -0.25) is 0 Å². The summed E-state index contributed by atoms with van der Waals surface area (Å²) >= 11 is 0. The number of nitrogens with zero attached hydrogens (tertiary/aromatic N) is 3. The number of halogens is 3. The van der Waals surface area contributed by atoms with Crippen molar-refractivity contribution >= 4 is 6.98 Å². The van der Waals surface area contributed by atoms with Crippen LogP contribution in [0, 0.1) is 11.3 Å². The predicted molar refractivity (Wildman–Crippen MR) is 36.0 cm³/mol. The predicted octanol–water partition coefficient (Wildman–Crippen LogP) is -1.85. The third kappa shape index (κ3) is 4.28. The van der Waals surface area contributed by atoms with Gasteiger partial charge in [0.2, 0.25) is 5.82 Å². The van der Waals surface area contributed by atoms with Gasteiger partial charge in [0.05, 0.1) is 0 Å². The Morgan fingerprint density at radius 3 is 2.62 bits per heavy atom. The van der Waals surface area contributed by atoms with Crippen LogP contribution < -0.4 is 51.4 Å². The molecular weight excluding hydrogens is 209 g/mol. The van der Waals surface area contributed by atoms with Gasteiger partial charge in [-0.15, -0.1) is 0 Å². The van der Waals surface area contributed by atoms with Crippen molar-refractivity contribution in [2.24, 2.45) is 0 Å². The van der Waals surface area contributed by atoms with Gasteiger partial charge in [-0.1, -0.05) is 0 Å². The topological polar surface area (TPSA) is 41.6 Å². The third-order valence-electron chi connectivity index (χ3n) is 1.22. The largest absolute Gasteiger partial charge is 1.00 e. The molecule has 0 saturated carbocycles. The Bertz CT molecular complexity index is 316. The van der Waals surface area contributed by atoms with Crippen LogP contribution in [0.2, 0.25) is 0 Å². The quantitative estimate of drug-likeness (QED) is 0.541. The minimum atomic E-state index is -4.91. The standard InChI is InChI=1S/C5H4BF3N3.K/c7-6(8,9)4-12-2-1-11-5(12)3-10;/h1-2H,4H2;/q-1;+1. The Morgan fingerprint density at radius 1 is 1.54 bits per heavy atom. The van der Waals surface area contributed by atoms with Crippen molar-refractivity contribution in [1.29, 1.82) is 5.26 Å². The van der Waals surface area contributed by atoms with Gasteiger partial charge >= 0.3 is 58.4 Å². The number of aromatic nitrogens is 2. The van der Waals surface area contributed by atoms with E-state index in [1.165, 1.54) is 6.20 Å². The second kappa shape index (κ2) is 5.17. The molecule has 0 fully saturated rings. The summed E-state index contributed by atoms with van der Waals surface area (Å²) in [7, 11) is 0. The molecule has 3 nitrogen and oxygen atoms in total. The summed E-state index contributed by atoms with van der Waals surface area (Å²) < 4.78 is 36.3. The molecule has 0 unspecified atom stereocenters. The van der Waals surface area contributed by atoms with E-state index in [2.05, 4.69) is 4.98 Å². The van der Waals surface area contributed by atoms with E-state index in [-0.39, 0.29) is 57.2 Å². The molecule has 0 amide bonds. The first-order valence-electron chi connectivity index (χ1n) is 3.15. The van der Waals surface area contributed by atoms with Crippen molar-refractivity contribution in [3.05, 3.63) is 18.2 Å². The molecule has 1 aromatic heterocycles. The number of hydrogen-bond acceptors (Lipinski definition) is 2. The summed E-state index contributed by atoms with van der Waals surface area (Å²) in [5, 5.41) is 8.31. The first kappa shape index (κ1) is 13.2. The summed E-state index contributed by atoms with van der Waals surface area (Å²) in [5.74, 6) is -0.214. The zero-order valence-corrected chi connectivity index (χ0v) is 10.0. The summed E-state index contributed by atoms with van der Waals surface area (Å²) in [6.07, 6.45) is 1.19. The zero-order valence-electron chi connectivity index (χ0n) is 6.91. The van der Waals surface area contributed by atoms with Crippen LogP contribution in [-0.2, 0) is 6.44 Å². The number of rotatable bonds is 2. The van der Waals surface area contributed by atoms with Crippen molar-refractivity contribution in [3.63, 3.8) is 0 Å². The van der Waals surface area contributed by atoms with Gasteiger partial charge in [0.25, 0.3) is 0 Å². The van der Waals surface area contributed by atoms with Crippen molar-refractivity contribution < 1.29 is 64.3 Å². The van der Waals surface area contributed by atoms with Crippen molar-refractivity contribution in [2.45, 2.75) is 6.44 Å². The van der Waals surface area contributed by atoms with E-state index in [0.29, 0.717) is 0 Å². The molecule has 0 atom stereocenters. The summed E-state index contributed by atoms with van der Waals surface area (Å²) in [4.78, 5) is 3.43. The Balaban J connectivity index is 0.00000144. The Hall–Kier alpha value is 0.191. The average molecular weight is 213 g/mol. The fraction of sp³-hybridized carbons (Fsp3) is 0.200. The second-order valence-corrected chi connectivity index (χ2v) is 2.23. The van der Waals surface area contributed by atoms with Crippen LogP contribution in [0.15, 0.2) is 12.4 Å². The fourth-order valence-corrected chi connectivity index (χ4v) is 0.793. The summed E-state index contributed by atoms with van der Waals surface area (Å²) in [6.45, 7) is -4.91. The molecule has 64 valence electrons. The molecule has 13 heavy (non-hydrogen) atoms. The minimum absolute atomic E-state index is 0. The van der Waals surface area contributed by atoms with E-state index in [1.54, 1.807) is 6.07 Å². The smallest absolute Gasteiger partial charge is 0.448 e. The first-order chi connectivity index (χ1) is 5.53. The minimum Gasteiger partial charge on any atom is -0.448 e. The molecule has 0 bridgehead atoms. The number of nitriles is 1. The van der Waals surface area contributed by atoms with Crippen molar-refractivity contribution in [1.82, 2.24) is 9.55 Å². The molecule has 0 N–H and O–H groups in total. The van der Waals surface area contributed by atoms with E-state index < -0.39 is 13.4 Å². The van der Waals surface area contributed by atoms with Gasteiger partial charge in [-0.05, 0) is 6.44 Å². The van der Waals surface area contributed by atoms with Crippen LogP contribution >= 0.6 is 0 Å². The Labute approximate surface area is 115 Å². The van der Waals surface area contributed by atoms with E-state index in [4.69, 9.17) is 5.26 Å². The zero-order chi connectivity index (χ0) is 9.19. The van der Waals surface area contributed by atoms with Crippen LogP contribution in [0.1, 0.15) is 5.82 Å². The third-order valence-corrected chi connectivity index (χ3v) is 1.22. The SMILES string of the molecule is N#Cc1nccn1C[B-](F)(F)F.[K+]. The van der Waals surface area contributed by atoms with Crippen molar-refractivity contribution in [3.8, 4) is 6.07 Å². The molecule has 8 heteroatoms. The molecule has 1 heterocycles. The summed E-state index contributed by atoms with van der Waals surface area (Å²) in [5.41, 5.74) is 0. The molecule has 0 aliphatic carbocycles. The summed E-state index contributed by atoms with van der Waals surface area (Å²) in [6, 6.07) is 1.56. The van der Waals surface area contributed by atoms with Gasteiger partial charge < -0.3 is 17.5 Å². The molecular formula is C5H4BF3KN3. The molecule has 0 radical (unpaired) electrons. The molecule has 0 aliphatic rings. The first-order valence-corrected chi connectivity index (χ1v) is 3.15. The van der Waals surface area contributed by atoms with Gasteiger partial charge in [0, 0.05) is 12.4 Å². The molecule has 1 aromatic rings. The van der Waals surface area contributed by atoms with Crippen LogP contribution in [0.4, 0.5) is 12.9 Å². The second-order valence-electron chi connectivity index (χ2n) is 2.23. The van der Waals surface area contributed by atoms with Gasteiger partial charge in [0.15, 0.2) is 0 Å². The number of imidazole rings is 1. The normalized spacial score (nSPS) is 10.3. The Morgan fingerprint density at radius 2 is 2.15 bits per heavy atom. The van der Waals surface area contributed by atoms with Crippen molar-refractivity contribution in [2.75, 3.05) is 0 Å². The maximum absolute atomic E-state index is 11.8. The molecule has 0 aliphatic heterocycles. The molecule has 0 aromatic carbocycles. The fourth-order valence-electron chi connectivity index (χ4n) is 0.793. The monoisotopic (exact) mass is 213 g/mol.